The predicted molar refractivity (Wildman–Crippen MR) is 247 cm³/mol. The third-order valence-electron chi connectivity index (χ3n) is 11.7. The number of unbranched alkanes of at least 4 members (excludes halogenated alkanes) is 31. The molecule has 6 heteroatoms. The van der Waals surface area contributed by atoms with Gasteiger partial charge in [-0.1, -0.05) is 247 Å². The summed E-state index contributed by atoms with van der Waals surface area (Å²) in [5.74, 6) is 0.829. The van der Waals surface area contributed by atoms with Crippen LogP contribution in [0.3, 0.4) is 0 Å². The number of hydrogen-bond acceptors (Lipinski definition) is 6. The van der Waals surface area contributed by atoms with Gasteiger partial charge in [-0.05, 0) is 31.1 Å². The van der Waals surface area contributed by atoms with Crippen LogP contribution in [-0.4, -0.2) is 37.2 Å². The Balaban J connectivity index is 4.20. The molecule has 0 fully saturated rings. The molecule has 0 aromatic rings. The van der Waals surface area contributed by atoms with E-state index in [4.69, 9.17) is 14.2 Å². The monoisotopic (exact) mass is 821 g/mol. The molecule has 0 heterocycles. The van der Waals surface area contributed by atoms with Gasteiger partial charge in [-0.25, -0.2) is 0 Å². The molecule has 0 aliphatic carbocycles. The molecule has 0 unspecified atom stereocenters. The fourth-order valence-electron chi connectivity index (χ4n) is 7.81. The van der Waals surface area contributed by atoms with Crippen LogP contribution in [-0.2, 0) is 28.6 Å². The van der Waals surface area contributed by atoms with Crippen LogP contribution in [0.2, 0.25) is 0 Å². The third kappa shape index (κ3) is 45.5. The first kappa shape index (κ1) is 56.4. The molecule has 0 aliphatic heterocycles. The van der Waals surface area contributed by atoms with E-state index in [0.717, 1.165) is 69.6 Å². The molecule has 0 aromatic carbocycles. The molecule has 0 radical (unpaired) electrons. The van der Waals surface area contributed by atoms with Gasteiger partial charge in [0.15, 0.2) is 6.10 Å². The predicted octanol–water partition coefficient (Wildman–Crippen LogP) is 16.5. The summed E-state index contributed by atoms with van der Waals surface area (Å²) >= 11 is 0. The number of esters is 3. The molecule has 0 N–H and O–H groups in total. The summed E-state index contributed by atoms with van der Waals surface area (Å²) in [7, 11) is 0. The van der Waals surface area contributed by atoms with E-state index in [1.165, 1.54) is 173 Å². The number of carbonyl (C=O) groups is 3. The Morgan fingerprint density at radius 3 is 0.845 bits per heavy atom. The summed E-state index contributed by atoms with van der Waals surface area (Å²) in [6.07, 6.45) is 45.3. The molecule has 0 amide bonds. The summed E-state index contributed by atoms with van der Waals surface area (Å²) in [6.45, 7) is 11.4. The van der Waals surface area contributed by atoms with E-state index < -0.39 is 6.10 Å². The van der Waals surface area contributed by atoms with Crippen molar-refractivity contribution in [2.75, 3.05) is 13.2 Å². The Kier molecular flexibility index (Phi) is 43.7. The zero-order valence-electron chi connectivity index (χ0n) is 39.7. The molecule has 58 heavy (non-hydrogen) atoms. The Hall–Kier alpha value is -1.59. The molecule has 0 aromatic heterocycles. The fraction of sp³-hybridized carbons (Fsp3) is 0.942. The van der Waals surface area contributed by atoms with E-state index in [2.05, 4.69) is 34.6 Å². The van der Waals surface area contributed by atoms with Crippen LogP contribution in [0.25, 0.3) is 0 Å². The van der Waals surface area contributed by atoms with Gasteiger partial charge < -0.3 is 14.2 Å². The van der Waals surface area contributed by atoms with Crippen LogP contribution in [0.5, 0.6) is 0 Å². The lowest BCUT2D eigenvalue weighted by Crippen LogP contribution is -2.30. The quantitative estimate of drug-likeness (QED) is 0.0346. The topological polar surface area (TPSA) is 78.9 Å². The first-order chi connectivity index (χ1) is 28.2. The third-order valence-corrected chi connectivity index (χ3v) is 11.7. The van der Waals surface area contributed by atoms with Gasteiger partial charge in [-0.2, -0.15) is 0 Å². The van der Waals surface area contributed by atoms with Crippen molar-refractivity contribution in [1.29, 1.82) is 0 Å². The number of rotatable bonds is 46. The van der Waals surface area contributed by atoms with Crippen molar-refractivity contribution >= 4 is 17.9 Å². The van der Waals surface area contributed by atoms with E-state index in [1.54, 1.807) is 0 Å². The fourth-order valence-corrected chi connectivity index (χ4v) is 7.81. The molecule has 0 aliphatic rings. The lowest BCUT2D eigenvalue weighted by molar-refractivity contribution is -0.167. The van der Waals surface area contributed by atoms with Crippen molar-refractivity contribution in [3.63, 3.8) is 0 Å². The number of hydrogen-bond donors (Lipinski definition) is 0. The zero-order chi connectivity index (χ0) is 42.6. The van der Waals surface area contributed by atoms with Crippen LogP contribution >= 0.6 is 0 Å². The minimum absolute atomic E-state index is 0.0639. The summed E-state index contributed by atoms with van der Waals surface area (Å²) < 4.78 is 16.7. The molecular weight excluding hydrogens is 721 g/mol. The highest BCUT2D eigenvalue weighted by atomic mass is 16.6. The standard InChI is InChI=1S/C52H100O6/c1-6-7-8-9-25-32-37-42-50(53)56-45-49(58-52(55)44-39-34-29-24-20-16-12-14-18-22-27-31-36-41-48(4)5)46-57-51(54)43-38-33-28-23-19-15-11-10-13-17-21-26-30-35-40-47(2)3/h47-49H,6-46H2,1-5H3/t49-/m1/s1. The number of carbonyl (C=O) groups excluding carboxylic acids is 3. The summed E-state index contributed by atoms with van der Waals surface area (Å²) in [6, 6.07) is 0. The Labute approximate surface area is 361 Å². The second-order valence-corrected chi connectivity index (χ2v) is 18.8. The lowest BCUT2D eigenvalue weighted by atomic mass is 10.0. The van der Waals surface area contributed by atoms with Crippen molar-refractivity contribution in [3.8, 4) is 0 Å². The highest BCUT2D eigenvalue weighted by Crippen LogP contribution is 2.17. The van der Waals surface area contributed by atoms with Gasteiger partial charge in [0, 0.05) is 19.3 Å². The normalized spacial score (nSPS) is 12.1. The average molecular weight is 821 g/mol. The molecule has 1 atom stereocenters. The highest BCUT2D eigenvalue weighted by molar-refractivity contribution is 5.71. The van der Waals surface area contributed by atoms with Gasteiger partial charge in [-0.15, -0.1) is 0 Å². The van der Waals surface area contributed by atoms with E-state index in [0.29, 0.717) is 19.3 Å². The molecule has 0 saturated carbocycles. The van der Waals surface area contributed by atoms with Gasteiger partial charge in [-0.3, -0.25) is 14.4 Å². The maximum Gasteiger partial charge on any atom is 0.306 e. The molecule has 0 rings (SSSR count). The molecule has 6 nitrogen and oxygen atoms in total. The molecule has 0 spiro atoms. The average Bonchev–Trinajstić information content (AvgIpc) is 3.19. The Bertz CT molecular complexity index is 885. The van der Waals surface area contributed by atoms with E-state index in [9.17, 15) is 14.4 Å². The van der Waals surface area contributed by atoms with Crippen LogP contribution < -0.4 is 0 Å². The molecule has 0 bridgehead atoms. The second kappa shape index (κ2) is 44.9. The van der Waals surface area contributed by atoms with E-state index in [-0.39, 0.29) is 31.1 Å². The zero-order valence-corrected chi connectivity index (χ0v) is 39.7. The van der Waals surface area contributed by atoms with Crippen molar-refractivity contribution in [3.05, 3.63) is 0 Å². The largest absolute Gasteiger partial charge is 0.462 e. The van der Waals surface area contributed by atoms with Gasteiger partial charge in [0.1, 0.15) is 13.2 Å². The van der Waals surface area contributed by atoms with Crippen molar-refractivity contribution < 1.29 is 28.6 Å². The van der Waals surface area contributed by atoms with Crippen molar-refractivity contribution in [2.24, 2.45) is 11.8 Å². The molecular formula is C52H100O6. The molecule has 344 valence electrons. The van der Waals surface area contributed by atoms with Gasteiger partial charge in [0.05, 0.1) is 0 Å². The van der Waals surface area contributed by atoms with Crippen molar-refractivity contribution in [1.82, 2.24) is 0 Å². The molecule has 0 saturated heterocycles. The van der Waals surface area contributed by atoms with E-state index in [1.807, 2.05) is 0 Å². The van der Waals surface area contributed by atoms with Crippen molar-refractivity contribution in [2.45, 2.75) is 291 Å². The first-order valence-corrected chi connectivity index (χ1v) is 25.7. The van der Waals surface area contributed by atoms with Crippen LogP contribution in [0.15, 0.2) is 0 Å². The SMILES string of the molecule is CCCCCCCCCC(=O)OC[C@H](COC(=O)CCCCCCCCCCCCCCCCC(C)C)OC(=O)CCCCCCCCCCCCCCCC(C)C. The Morgan fingerprint density at radius 2 is 0.569 bits per heavy atom. The lowest BCUT2D eigenvalue weighted by Gasteiger charge is -2.18. The van der Waals surface area contributed by atoms with Crippen LogP contribution in [0.4, 0.5) is 0 Å². The van der Waals surface area contributed by atoms with Crippen LogP contribution in [0, 0.1) is 11.8 Å². The summed E-state index contributed by atoms with van der Waals surface area (Å²) in [5.41, 5.74) is 0. The second-order valence-electron chi connectivity index (χ2n) is 18.8. The number of ether oxygens (including phenoxy) is 3. The highest BCUT2D eigenvalue weighted by Gasteiger charge is 2.19. The minimum atomic E-state index is -0.760. The smallest absolute Gasteiger partial charge is 0.306 e. The van der Waals surface area contributed by atoms with E-state index >= 15 is 0 Å². The van der Waals surface area contributed by atoms with Gasteiger partial charge in [0.25, 0.3) is 0 Å². The summed E-state index contributed by atoms with van der Waals surface area (Å²) in [4.78, 5) is 37.8. The minimum Gasteiger partial charge on any atom is -0.462 e. The van der Waals surface area contributed by atoms with Gasteiger partial charge >= 0.3 is 17.9 Å². The van der Waals surface area contributed by atoms with Crippen LogP contribution in [0.1, 0.15) is 285 Å². The maximum atomic E-state index is 12.8. The van der Waals surface area contributed by atoms with Gasteiger partial charge in [0.2, 0.25) is 0 Å². The first-order valence-electron chi connectivity index (χ1n) is 25.7. The Morgan fingerprint density at radius 1 is 0.328 bits per heavy atom. The maximum absolute atomic E-state index is 12.8. The summed E-state index contributed by atoms with van der Waals surface area (Å²) in [5, 5.41) is 0.